The molecule has 0 aliphatic heterocycles. The van der Waals surface area contributed by atoms with E-state index in [1.807, 2.05) is 0 Å². The third-order valence-electron chi connectivity index (χ3n) is 2.80. The second-order valence-electron chi connectivity index (χ2n) is 4.42. The molecule has 1 aromatic carbocycles. The van der Waals surface area contributed by atoms with Crippen LogP contribution in [0.5, 0.6) is 11.5 Å². The lowest BCUT2D eigenvalue weighted by Crippen LogP contribution is -2.30. The normalized spacial score (nSPS) is 16.4. The van der Waals surface area contributed by atoms with Gasteiger partial charge in [0.25, 0.3) is 0 Å². The lowest BCUT2D eigenvalue weighted by molar-refractivity contribution is -0.274. The summed E-state index contributed by atoms with van der Waals surface area (Å²) < 4.78 is 49.9. The van der Waals surface area contributed by atoms with E-state index in [2.05, 4.69) is 9.47 Å². The molecule has 110 valence electrons. The highest BCUT2D eigenvalue weighted by Crippen LogP contribution is 2.36. The SMILES string of the molecule is COC(=O)C(Oc1ccc(OC(F)(F)F)cc1)C1CC1. The van der Waals surface area contributed by atoms with Gasteiger partial charge in [-0.2, -0.15) is 0 Å². The van der Waals surface area contributed by atoms with Crippen LogP contribution in [0.3, 0.4) is 0 Å². The van der Waals surface area contributed by atoms with Crippen LogP contribution in [-0.2, 0) is 9.53 Å². The lowest BCUT2D eigenvalue weighted by atomic mass is 10.2. The van der Waals surface area contributed by atoms with Gasteiger partial charge in [0.1, 0.15) is 11.5 Å². The molecule has 20 heavy (non-hydrogen) atoms. The van der Waals surface area contributed by atoms with Crippen LogP contribution in [0.25, 0.3) is 0 Å². The van der Waals surface area contributed by atoms with Crippen LogP contribution in [0, 0.1) is 5.92 Å². The summed E-state index contributed by atoms with van der Waals surface area (Å²) in [5.41, 5.74) is 0. The summed E-state index contributed by atoms with van der Waals surface area (Å²) in [6, 6.07) is 4.90. The van der Waals surface area contributed by atoms with Crippen molar-refractivity contribution in [1.29, 1.82) is 0 Å². The summed E-state index contributed by atoms with van der Waals surface area (Å²) in [5, 5.41) is 0. The molecular formula is C13H13F3O4. The Hall–Kier alpha value is -1.92. The van der Waals surface area contributed by atoms with Crippen LogP contribution >= 0.6 is 0 Å². The van der Waals surface area contributed by atoms with E-state index in [1.165, 1.54) is 19.2 Å². The minimum atomic E-state index is -4.73. The fourth-order valence-electron chi connectivity index (χ4n) is 1.72. The molecule has 0 spiro atoms. The van der Waals surface area contributed by atoms with Gasteiger partial charge in [-0.1, -0.05) is 0 Å². The summed E-state index contributed by atoms with van der Waals surface area (Å²) >= 11 is 0. The van der Waals surface area contributed by atoms with E-state index in [4.69, 9.17) is 4.74 Å². The van der Waals surface area contributed by atoms with Crippen molar-refractivity contribution in [2.45, 2.75) is 25.3 Å². The predicted molar refractivity (Wildman–Crippen MR) is 62.3 cm³/mol. The van der Waals surface area contributed by atoms with Gasteiger partial charge in [-0.05, 0) is 37.1 Å². The molecule has 1 unspecified atom stereocenters. The Bertz CT molecular complexity index is 465. The Morgan fingerprint density at radius 3 is 2.20 bits per heavy atom. The number of ether oxygens (including phenoxy) is 3. The van der Waals surface area contributed by atoms with E-state index in [0.29, 0.717) is 5.75 Å². The molecule has 1 aliphatic rings. The molecule has 1 aliphatic carbocycles. The molecule has 1 atom stereocenters. The first kappa shape index (κ1) is 14.5. The molecule has 0 radical (unpaired) electrons. The average Bonchev–Trinajstić information content (AvgIpc) is 3.19. The molecule has 7 heteroatoms. The van der Waals surface area contributed by atoms with Crippen molar-refractivity contribution in [3.8, 4) is 11.5 Å². The van der Waals surface area contributed by atoms with Crippen molar-refractivity contribution in [3.05, 3.63) is 24.3 Å². The molecular weight excluding hydrogens is 277 g/mol. The molecule has 0 aromatic heterocycles. The van der Waals surface area contributed by atoms with Crippen molar-refractivity contribution in [2.24, 2.45) is 5.92 Å². The van der Waals surface area contributed by atoms with Crippen LogP contribution in [0.1, 0.15) is 12.8 Å². The fraction of sp³-hybridized carbons (Fsp3) is 0.462. The van der Waals surface area contributed by atoms with Crippen LogP contribution in [-0.4, -0.2) is 25.5 Å². The number of alkyl halides is 3. The first-order chi connectivity index (χ1) is 9.39. The molecule has 1 saturated carbocycles. The highest BCUT2D eigenvalue weighted by molar-refractivity contribution is 5.75. The molecule has 4 nitrogen and oxygen atoms in total. The molecule has 1 fully saturated rings. The van der Waals surface area contributed by atoms with E-state index >= 15 is 0 Å². The van der Waals surface area contributed by atoms with E-state index in [9.17, 15) is 18.0 Å². The molecule has 0 bridgehead atoms. The number of esters is 1. The quantitative estimate of drug-likeness (QED) is 0.782. The number of carbonyl (C=O) groups excluding carboxylic acids is 1. The van der Waals surface area contributed by atoms with Crippen LogP contribution in [0.15, 0.2) is 24.3 Å². The van der Waals surface area contributed by atoms with E-state index in [1.54, 1.807) is 0 Å². The zero-order valence-corrected chi connectivity index (χ0v) is 10.6. The molecule has 0 amide bonds. The Balaban J connectivity index is 2.00. The molecule has 0 saturated heterocycles. The van der Waals surface area contributed by atoms with Crippen molar-refractivity contribution >= 4 is 5.97 Å². The van der Waals surface area contributed by atoms with Crippen molar-refractivity contribution in [2.75, 3.05) is 7.11 Å². The van der Waals surface area contributed by atoms with Crippen LogP contribution < -0.4 is 9.47 Å². The van der Waals surface area contributed by atoms with Gasteiger partial charge in [0.15, 0.2) is 6.10 Å². The first-order valence-electron chi connectivity index (χ1n) is 5.99. The van der Waals surface area contributed by atoms with Gasteiger partial charge in [0.05, 0.1) is 7.11 Å². The van der Waals surface area contributed by atoms with Gasteiger partial charge in [-0.25, -0.2) is 4.79 Å². The highest BCUT2D eigenvalue weighted by atomic mass is 19.4. The monoisotopic (exact) mass is 290 g/mol. The number of hydrogen-bond donors (Lipinski definition) is 0. The summed E-state index contributed by atoms with van der Waals surface area (Å²) in [6.07, 6.45) is -3.70. The topological polar surface area (TPSA) is 44.8 Å². The summed E-state index contributed by atoms with van der Waals surface area (Å²) in [4.78, 5) is 11.5. The van der Waals surface area contributed by atoms with Crippen LogP contribution in [0.4, 0.5) is 13.2 Å². The smallest absolute Gasteiger partial charge is 0.478 e. The lowest BCUT2D eigenvalue weighted by Gasteiger charge is -2.16. The average molecular weight is 290 g/mol. The first-order valence-corrected chi connectivity index (χ1v) is 5.99. The summed E-state index contributed by atoms with van der Waals surface area (Å²) in [7, 11) is 1.27. The molecule has 1 aromatic rings. The van der Waals surface area contributed by atoms with Crippen molar-refractivity contribution in [1.82, 2.24) is 0 Å². The molecule has 2 rings (SSSR count). The van der Waals surface area contributed by atoms with Crippen molar-refractivity contribution in [3.63, 3.8) is 0 Å². The van der Waals surface area contributed by atoms with Gasteiger partial charge in [-0.15, -0.1) is 13.2 Å². The van der Waals surface area contributed by atoms with E-state index < -0.39 is 18.4 Å². The van der Waals surface area contributed by atoms with E-state index in [-0.39, 0.29) is 11.7 Å². The maximum absolute atomic E-state index is 12.0. The van der Waals surface area contributed by atoms with Gasteiger partial charge < -0.3 is 14.2 Å². The summed E-state index contributed by atoms with van der Waals surface area (Å²) in [5.74, 6) is -0.426. The number of rotatable bonds is 5. The molecule has 0 N–H and O–H groups in total. The highest BCUT2D eigenvalue weighted by Gasteiger charge is 2.39. The second-order valence-corrected chi connectivity index (χ2v) is 4.42. The largest absolute Gasteiger partial charge is 0.573 e. The number of benzene rings is 1. The maximum atomic E-state index is 12.0. The molecule has 0 heterocycles. The maximum Gasteiger partial charge on any atom is 0.573 e. The minimum absolute atomic E-state index is 0.105. The zero-order chi connectivity index (χ0) is 14.8. The van der Waals surface area contributed by atoms with Gasteiger partial charge in [-0.3, -0.25) is 0 Å². The zero-order valence-electron chi connectivity index (χ0n) is 10.6. The number of hydrogen-bond acceptors (Lipinski definition) is 4. The number of carbonyl (C=O) groups is 1. The Morgan fingerprint density at radius 1 is 1.20 bits per heavy atom. The number of halogens is 3. The minimum Gasteiger partial charge on any atom is -0.478 e. The Kier molecular flexibility index (Phi) is 4.06. The van der Waals surface area contributed by atoms with Crippen molar-refractivity contribution < 1.29 is 32.2 Å². The third kappa shape index (κ3) is 4.04. The van der Waals surface area contributed by atoms with E-state index in [0.717, 1.165) is 25.0 Å². The fourth-order valence-corrected chi connectivity index (χ4v) is 1.72. The standard InChI is InChI=1S/C13H13F3O4/c1-18-12(17)11(8-2-3-8)19-9-4-6-10(7-5-9)20-13(14,15)16/h4-8,11H,2-3H2,1H3. The second kappa shape index (κ2) is 5.60. The van der Waals surface area contributed by atoms with Crippen LogP contribution in [0.2, 0.25) is 0 Å². The number of methoxy groups -OCH3 is 1. The predicted octanol–water partition coefficient (Wildman–Crippen LogP) is 2.92. The third-order valence-corrected chi connectivity index (χ3v) is 2.80. The van der Waals surface area contributed by atoms with Gasteiger partial charge in [0, 0.05) is 5.92 Å². The van der Waals surface area contributed by atoms with Gasteiger partial charge in [0.2, 0.25) is 0 Å². The van der Waals surface area contributed by atoms with Gasteiger partial charge >= 0.3 is 12.3 Å². The Morgan fingerprint density at radius 2 is 1.75 bits per heavy atom. The Labute approximate surface area is 113 Å². The summed E-state index contributed by atoms with van der Waals surface area (Å²) in [6.45, 7) is 0.